The van der Waals surface area contributed by atoms with Crippen LogP contribution in [-0.4, -0.2) is 27.0 Å². The highest BCUT2D eigenvalue weighted by Gasteiger charge is 2.35. The van der Waals surface area contributed by atoms with Gasteiger partial charge in [-0.3, -0.25) is 9.36 Å². The van der Waals surface area contributed by atoms with Crippen LogP contribution >= 0.6 is 11.6 Å². The smallest absolute Gasteiger partial charge is 0.253 e. The van der Waals surface area contributed by atoms with Gasteiger partial charge in [-0.1, -0.05) is 43.0 Å². The molecule has 4 aromatic rings. The fourth-order valence-corrected chi connectivity index (χ4v) is 5.08. The maximum Gasteiger partial charge on any atom is 0.253 e. The molecular formula is C26H23ClF2N4O. The van der Waals surface area contributed by atoms with E-state index in [2.05, 4.69) is 15.3 Å². The lowest BCUT2D eigenvalue weighted by atomic mass is 9.69. The second kappa shape index (κ2) is 9.14. The Kier molecular flexibility index (Phi) is 6.04. The summed E-state index contributed by atoms with van der Waals surface area (Å²) < 4.78 is 30.8. The summed E-state index contributed by atoms with van der Waals surface area (Å²) in [4.78, 5) is 21.8. The monoisotopic (exact) mass is 480 g/mol. The van der Waals surface area contributed by atoms with Crippen molar-refractivity contribution in [2.24, 2.45) is 0 Å². The Bertz CT molecular complexity index is 1350. The quantitative estimate of drug-likeness (QED) is 0.382. The molecule has 0 aliphatic heterocycles. The summed E-state index contributed by atoms with van der Waals surface area (Å²) in [7, 11) is 0. The van der Waals surface area contributed by atoms with Gasteiger partial charge in [-0.15, -0.1) is 0 Å². The number of fused-ring (bicyclic) bond motifs is 1. The zero-order valence-electron chi connectivity index (χ0n) is 18.4. The first kappa shape index (κ1) is 22.5. The van der Waals surface area contributed by atoms with Gasteiger partial charge in [0.2, 0.25) is 5.95 Å². The highest BCUT2D eigenvalue weighted by molar-refractivity contribution is 6.30. The van der Waals surface area contributed by atoms with Crippen LogP contribution in [0.5, 0.6) is 0 Å². The number of nitrogens with zero attached hydrogens (tertiary/aromatic N) is 3. The van der Waals surface area contributed by atoms with E-state index in [1.165, 1.54) is 12.1 Å². The molecule has 0 atom stereocenters. The Morgan fingerprint density at radius 2 is 1.79 bits per heavy atom. The van der Waals surface area contributed by atoms with Gasteiger partial charge in [0.25, 0.3) is 5.91 Å². The molecule has 1 aliphatic carbocycles. The van der Waals surface area contributed by atoms with E-state index in [9.17, 15) is 13.6 Å². The Labute approximate surface area is 200 Å². The summed E-state index contributed by atoms with van der Waals surface area (Å²) >= 11 is 5.90. The second-order valence-electron chi connectivity index (χ2n) is 8.75. The number of hydrogen-bond acceptors (Lipinski definition) is 3. The predicted octanol–water partition coefficient (Wildman–Crippen LogP) is 5.98. The zero-order chi connectivity index (χ0) is 23.7. The van der Waals surface area contributed by atoms with Crippen molar-refractivity contribution in [2.75, 3.05) is 6.54 Å². The minimum absolute atomic E-state index is 0.0742. The predicted molar refractivity (Wildman–Crippen MR) is 127 cm³/mol. The first-order valence-electron chi connectivity index (χ1n) is 11.3. The maximum atomic E-state index is 14.9. The van der Waals surface area contributed by atoms with E-state index in [1.807, 2.05) is 6.07 Å². The maximum absolute atomic E-state index is 14.9. The molecule has 0 bridgehead atoms. The van der Waals surface area contributed by atoms with Gasteiger partial charge in [0, 0.05) is 35.9 Å². The molecule has 0 saturated heterocycles. The molecule has 1 amide bonds. The van der Waals surface area contributed by atoms with Gasteiger partial charge in [0.1, 0.15) is 11.6 Å². The highest BCUT2D eigenvalue weighted by Crippen LogP contribution is 2.40. The summed E-state index contributed by atoms with van der Waals surface area (Å²) in [6, 6.07) is 11.2. The Morgan fingerprint density at radius 1 is 1.03 bits per heavy atom. The molecule has 2 aromatic heterocycles. The van der Waals surface area contributed by atoms with Crippen molar-refractivity contribution in [3.05, 3.63) is 88.8 Å². The molecule has 0 unspecified atom stereocenters. The normalized spacial score (nSPS) is 15.4. The number of amides is 1. The lowest BCUT2D eigenvalue weighted by Crippen LogP contribution is -2.42. The molecule has 1 fully saturated rings. The van der Waals surface area contributed by atoms with Crippen molar-refractivity contribution >= 4 is 28.4 Å². The first-order valence-corrected chi connectivity index (χ1v) is 11.7. The minimum atomic E-state index is -0.496. The standard InChI is InChI=1S/C26H23ClF2N4O/c27-19-9-8-17(14-21(19)29)26(10-2-1-3-11-26)16-32-24(34)18-15-33(25-30-12-5-13-31-25)22-7-4-6-20(28)23(18)22/h4-9,12-15H,1-3,10-11,16H2,(H,32,34). The number of rotatable bonds is 5. The molecule has 5 rings (SSSR count). The minimum Gasteiger partial charge on any atom is -0.351 e. The average Bonchev–Trinajstić information content (AvgIpc) is 3.26. The molecule has 1 aliphatic rings. The second-order valence-corrected chi connectivity index (χ2v) is 9.16. The fourth-order valence-electron chi connectivity index (χ4n) is 4.96. The van der Waals surface area contributed by atoms with Gasteiger partial charge in [0.05, 0.1) is 16.1 Å². The Balaban J connectivity index is 1.49. The molecule has 34 heavy (non-hydrogen) atoms. The van der Waals surface area contributed by atoms with Gasteiger partial charge in [-0.05, 0) is 48.7 Å². The van der Waals surface area contributed by atoms with Gasteiger partial charge >= 0.3 is 0 Å². The van der Waals surface area contributed by atoms with E-state index in [1.54, 1.807) is 47.4 Å². The van der Waals surface area contributed by atoms with Crippen LogP contribution in [0.1, 0.15) is 48.0 Å². The summed E-state index contributed by atoms with van der Waals surface area (Å²) in [5.74, 6) is -1.02. The summed E-state index contributed by atoms with van der Waals surface area (Å²) in [5.41, 5.74) is 1.12. The van der Waals surface area contributed by atoms with Crippen molar-refractivity contribution in [3.63, 3.8) is 0 Å². The van der Waals surface area contributed by atoms with E-state index in [-0.39, 0.29) is 16.0 Å². The molecule has 1 saturated carbocycles. The van der Waals surface area contributed by atoms with Crippen LogP contribution in [0.25, 0.3) is 16.9 Å². The molecule has 0 radical (unpaired) electrons. The summed E-state index contributed by atoms with van der Waals surface area (Å²) in [5, 5.41) is 3.30. The van der Waals surface area contributed by atoms with E-state index in [0.717, 1.165) is 37.7 Å². The van der Waals surface area contributed by atoms with Crippen molar-refractivity contribution < 1.29 is 13.6 Å². The third-order valence-corrected chi connectivity index (χ3v) is 7.03. The topological polar surface area (TPSA) is 59.8 Å². The van der Waals surface area contributed by atoms with Crippen molar-refractivity contribution in [1.29, 1.82) is 0 Å². The third kappa shape index (κ3) is 4.05. The van der Waals surface area contributed by atoms with Gasteiger partial charge in [-0.2, -0.15) is 0 Å². The third-order valence-electron chi connectivity index (χ3n) is 6.72. The molecule has 2 aromatic carbocycles. The molecule has 1 N–H and O–H groups in total. The summed E-state index contributed by atoms with van der Waals surface area (Å²) in [6.45, 7) is 0.315. The van der Waals surface area contributed by atoms with Crippen LogP contribution in [0.4, 0.5) is 8.78 Å². The molecule has 0 spiro atoms. The molecule has 2 heterocycles. The van der Waals surface area contributed by atoms with E-state index >= 15 is 0 Å². The lowest BCUT2D eigenvalue weighted by Gasteiger charge is -2.38. The van der Waals surface area contributed by atoms with Crippen molar-refractivity contribution in [1.82, 2.24) is 19.9 Å². The van der Waals surface area contributed by atoms with Gasteiger partial charge in [0.15, 0.2) is 0 Å². The van der Waals surface area contributed by atoms with Crippen LogP contribution < -0.4 is 5.32 Å². The highest BCUT2D eigenvalue weighted by atomic mass is 35.5. The molecule has 5 nitrogen and oxygen atoms in total. The van der Waals surface area contributed by atoms with Gasteiger partial charge in [-0.25, -0.2) is 18.7 Å². The first-order chi connectivity index (χ1) is 16.5. The SMILES string of the molecule is O=C(NCC1(c2ccc(Cl)c(F)c2)CCCCC1)c1cn(-c2ncccn2)c2cccc(F)c12. The number of aromatic nitrogens is 3. The number of benzene rings is 2. The number of hydrogen-bond donors (Lipinski definition) is 1. The van der Waals surface area contributed by atoms with Crippen LogP contribution in [-0.2, 0) is 5.41 Å². The van der Waals surface area contributed by atoms with Gasteiger partial charge < -0.3 is 5.32 Å². The number of carbonyl (C=O) groups is 1. The number of halogens is 3. The Hall–Kier alpha value is -3.32. The van der Waals surface area contributed by atoms with E-state index < -0.39 is 23.0 Å². The summed E-state index contributed by atoms with van der Waals surface area (Å²) in [6.07, 6.45) is 9.45. The van der Waals surface area contributed by atoms with E-state index in [4.69, 9.17) is 11.6 Å². The largest absolute Gasteiger partial charge is 0.351 e. The average molecular weight is 481 g/mol. The zero-order valence-corrected chi connectivity index (χ0v) is 19.2. The van der Waals surface area contributed by atoms with Crippen molar-refractivity contribution in [3.8, 4) is 5.95 Å². The molecule has 174 valence electrons. The van der Waals surface area contributed by atoms with Crippen LogP contribution in [0.3, 0.4) is 0 Å². The molecule has 8 heteroatoms. The van der Waals surface area contributed by atoms with Crippen LogP contribution in [0, 0.1) is 11.6 Å². The van der Waals surface area contributed by atoms with Crippen LogP contribution in [0.2, 0.25) is 5.02 Å². The lowest BCUT2D eigenvalue weighted by molar-refractivity contribution is 0.0938. The van der Waals surface area contributed by atoms with Crippen LogP contribution in [0.15, 0.2) is 61.1 Å². The number of carbonyl (C=O) groups excluding carboxylic acids is 1. The number of nitrogens with one attached hydrogen (secondary N) is 1. The van der Waals surface area contributed by atoms with Crippen molar-refractivity contribution in [2.45, 2.75) is 37.5 Å². The Morgan fingerprint density at radius 3 is 2.53 bits per heavy atom. The molecular weight excluding hydrogens is 458 g/mol. The fraction of sp³-hybridized carbons (Fsp3) is 0.269. The van der Waals surface area contributed by atoms with E-state index in [0.29, 0.717) is 18.0 Å².